The molecule has 1 atom stereocenters. The van der Waals surface area contributed by atoms with E-state index in [0.29, 0.717) is 6.42 Å². The summed E-state index contributed by atoms with van der Waals surface area (Å²) in [5.41, 5.74) is 6.35. The fourth-order valence-electron chi connectivity index (χ4n) is 0.989. The fourth-order valence-corrected chi connectivity index (χ4v) is 0.989. The molecular weight excluding hydrogens is 157 g/mol. The highest BCUT2D eigenvalue weighted by molar-refractivity contribution is 5.26. The molecule has 0 spiro atoms. The number of alkyl halides is 1. The van der Waals surface area contributed by atoms with Gasteiger partial charge in [-0.2, -0.15) is 0 Å². The molecule has 0 aliphatic heterocycles. The van der Waals surface area contributed by atoms with Crippen molar-refractivity contribution in [1.82, 2.24) is 0 Å². The van der Waals surface area contributed by atoms with Gasteiger partial charge < -0.3 is 10.8 Å². The van der Waals surface area contributed by atoms with Crippen molar-refractivity contribution >= 4 is 0 Å². The molecule has 0 saturated heterocycles. The third-order valence-electron chi connectivity index (χ3n) is 1.63. The van der Waals surface area contributed by atoms with Gasteiger partial charge in [-0.15, -0.1) is 0 Å². The molecule has 2 nitrogen and oxygen atoms in total. The van der Waals surface area contributed by atoms with Crippen LogP contribution in [0.5, 0.6) is 5.75 Å². The lowest BCUT2D eigenvalue weighted by Crippen LogP contribution is -2.24. The van der Waals surface area contributed by atoms with E-state index in [2.05, 4.69) is 0 Å². The number of halogens is 1. The Balaban J connectivity index is 2.58. The highest BCUT2D eigenvalue weighted by Gasteiger charge is 2.02. The summed E-state index contributed by atoms with van der Waals surface area (Å²) >= 11 is 0. The molecule has 1 aromatic rings. The summed E-state index contributed by atoms with van der Waals surface area (Å²) < 4.78 is 12.0. The average Bonchev–Trinajstić information content (AvgIpc) is 2.09. The van der Waals surface area contributed by atoms with Crippen LogP contribution in [-0.2, 0) is 6.42 Å². The van der Waals surface area contributed by atoms with Gasteiger partial charge >= 0.3 is 0 Å². The fraction of sp³-hybridized carbons (Fsp3) is 0.333. The molecule has 0 aromatic heterocycles. The van der Waals surface area contributed by atoms with Gasteiger partial charge in [0.2, 0.25) is 0 Å². The molecule has 0 radical (unpaired) electrons. The lowest BCUT2D eigenvalue weighted by atomic mass is 10.1. The second-order valence-corrected chi connectivity index (χ2v) is 2.78. The van der Waals surface area contributed by atoms with Gasteiger partial charge in [-0.25, -0.2) is 4.39 Å². The van der Waals surface area contributed by atoms with Crippen LogP contribution in [0.4, 0.5) is 4.39 Å². The van der Waals surface area contributed by atoms with Gasteiger partial charge in [-0.3, -0.25) is 0 Å². The van der Waals surface area contributed by atoms with E-state index in [1.807, 2.05) is 0 Å². The third kappa shape index (κ3) is 2.51. The Morgan fingerprint density at radius 3 is 2.42 bits per heavy atom. The molecule has 0 bridgehead atoms. The quantitative estimate of drug-likeness (QED) is 0.714. The number of hydrogen-bond donors (Lipinski definition) is 2. The maximum absolute atomic E-state index is 12.0. The Hall–Kier alpha value is -1.09. The van der Waals surface area contributed by atoms with Crippen LogP contribution in [0.15, 0.2) is 24.3 Å². The number of phenols is 1. The van der Waals surface area contributed by atoms with Crippen LogP contribution in [0.3, 0.4) is 0 Å². The van der Waals surface area contributed by atoms with Gasteiger partial charge in [0, 0.05) is 6.04 Å². The smallest absolute Gasteiger partial charge is 0.115 e. The SMILES string of the molecule is N[C@H](CF)Cc1ccc(O)cc1. The minimum atomic E-state index is -0.513. The van der Waals surface area contributed by atoms with E-state index in [1.54, 1.807) is 24.3 Å². The Morgan fingerprint density at radius 1 is 1.33 bits per heavy atom. The number of benzene rings is 1. The van der Waals surface area contributed by atoms with Crippen molar-refractivity contribution in [3.05, 3.63) is 29.8 Å². The van der Waals surface area contributed by atoms with E-state index in [1.165, 1.54) is 0 Å². The van der Waals surface area contributed by atoms with Crippen LogP contribution in [0, 0.1) is 0 Å². The predicted molar refractivity (Wildman–Crippen MR) is 45.8 cm³/mol. The van der Waals surface area contributed by atoms with Gasteiger partial charge in [0.1, 0.15) is 12.4 Å². The second kappa shape index (κ2) is 4.07. The maximum atomic E-state index is 12.0. The predicted octanol–water partition coefficient (Wildman–Crippen LogP) is 1.23. The monoisotopic (exact) mass is 169 g/mol. The van der Waals surface area contributed by atoms with E-state index in [0.717, 1.165) is 5.56 Å². The molecule has 0 fully saturated rings. The minimum Gasteiger partial charge on any atom is -0.508 e. The molecule has 0 saturated carbocycles. The van der Waals surface area contributed by atoms with Gasteiger partial charge in [0.15, 0.2) is 0 Å². The lowest BCUT2D eigenvalue weighted by molar-refractivity contribution is 0.426. The number of rotatable bonds is 3. The summed E-state index contributed by atoms with van der Waals surface area (Å²) in [4.78, 5) is 0. The van der Waals surface area contributed by atoms with Crippen LogP contribution < -0.4 is 5.73 Å². The second-order valence-electron chi connectivity index (χ2n) is 2.78. The van der Waals surface area contributed by atoms with E-state index in [-0.39, 0.29) is 5.75 Å². The number of hydrogen-bond acceptors (Lipinski definition) is 2. The topological polar surface area (TPSA) is 46.2 Å². The van der Waals surface area contributed by atoms with E-state index >= 15 is 0 Å². The molecule has 0 aliphatic carbocycles. The Bertz CT molecular complexity index is 235. The Labute approximate surface area is 70.8 Å². The van der Waals surface area contributed by atoms with Crippen LogP contribution in [0.1, 0.15) is 5.56 Å². The standard InChI is InChI=1S/C9H12FNO/c10-6-8(11)5-7-1-3-9(12)4-2-7/h1-4,8,12H,5-6,11H2/t8-/m0/s1. The molecule has 0 amide bonds. The van der Waals surface area contributed by atoms with Crippen LogP contribution in [-0.4, -0.2) is 17.8 Å². The van der Waals surface area contributed by atoms with E-state index in [4.69, 9.17) is 10.8 Å². The first kappa shape index (κ1) is 9.00. The van der Waals surface area contributed by atoms with Gasteiger partial charge in [-0.1, -0.05) is 12.1 Å². The Morgan fingerprint density at radius 2 is 1.92 bits per heavy atom. The molecular formula is C9H12FNO. The summed E-state index contributed by atoms with van der Waals surface area (Å²) in [6.45, 7) is -0.513. The third-order valence-corrected chi connectivity index (χ3v) is 1.63. The Kier molecular flexibility index (Phi) is 3.05. The van der Waals surface area contributed by atoms with Crippen molar-refractivity contribution in [1.29, 1.82) is 0 Å². The number of aromatic hydroxyl groups is 1. The molecule has 0 unspecified atom stereocenters. The highest BCUT2D eigenvalue weighted by Crippen LogP contribution is 2.10. The zero-order valence-electron chi connectivity index (χ0n) is 6.70. The number of phenolic OH excluding ortho intramolecular Hbond substituents is 1. The van der Waals surface area contributed by atoms with Gasteiger partial charge in [0.05, 0.1) is 0 Å². The lowest BCUT2D eigenvalue weighted by Gasteiger charge is -2.06. The summed E-state index contributed by atoms with van der Waals surface area (Å²) in [6, 6.07) is 6.19. The maximum Gasteiger partial charge on any atom is 0.115 e. The van der Waals surface area contributed by atoms with E-state index in [9.17, 15) is 4.39 Å². The van der Waals surface area contributed by atoms with Gasteiger partial charge in [-0.05, 0) is 24.1 Å². The number of nitrogens with two attached hydrogens (primary N) is 1. The normalized spacial score (nSPS) is 12.8. The van der Waals surface area contributed by atoms with Crippen molar-refractivity contribution in [3.8, 4) is 5.75 Å². The van der Waals surface area contributed by atoms with Crippen LogP contribution >= 0.6 is 0 Å². The van der Waals surface area contributed by atoms with Crippen LogP contribution in [0.25, 0.3) is 0 Å². The molecule has 3 heteroatoms. The average molecular weight is 169 g/mol. The zero-order chi connectivity index (χ0) is 8.97. The van der Waals surface area contributed by atoms with E-state index < -0.39 is 12.7 Å². The zero-order valence-corrected chi connectivity index (χ0v) is 6.70. The van der Waals surface area contributed by atoms with Crippen molar-refractivity contribution < 1.29 is 9.50 Å². The van der Waals surface area contributed by atoms with Crippen molar-refractivity contribution in [2.75, 3.05) is 6.67 Å². The molecule has 3 N–H and O–H groups in total. The molecule has 12 heavy (non-hydrogen) atoms. The molecule has 0 aliphatic rings. The first-order chi connectivity index (χ1) is 5.72. The first-order valence-corrected chi connectivity index (χ1v) is 3.82. The summed E-state index contributed by atoms with van der Waals surface area (Å²) in [5, 5.41) is 8.94. The largest absolute Gasteiger partial charge is 0.508 e. The van der Waals surface area contributed by atoms with Crippen molar-refractivity contribution in [3.63, 3.8) is 0 Å². The summed E-state index contributed by atoms with van der Waals surface area (Å²) in [7, 11) is 0. The van der Waals surface area contributed by atoms with Crippen LogP contribution in [0.2, 0.25) is 0 Å². The van der Waals surface area contributed by atoms with Crippen molar-refractivity contribution in [2.24, 2.45) is 5.73 Å². The summed E-state index contributed by atoms with van der Waals surface area (Å²) in [5.74, 6) is 0.215. The first-order valence-electron chi connectivity index (χ1n) is 3.82. The van der Waals surface area contributed by atoms with Crippen molar-refractivity contribution in [2.45, 2.75) is 12.5 Å². The highest BCUT2D eigenvalue weighted by atomic mass is 19.1. The minimum absolute atomic E-state index is 0.215. The molecule has 0 heterocycles. The molecule has 1 rings (SSSR count). The van der Waals surface area contributed by atoms with Gasteiger partial charge in [0.25, 0.3) is 0 Å². The molecule has 1 aromatic carbocycles. The summed E-state index contributed by atoms with van der Waals surface area (Å²) in [6.07, 6.45) is 0.511. The molecule has 66 valence electrons.